The third-order valence-electron chi connectivity index (χ3n) is 4.28. The molecule has 2 aromatic carbocycles. The number of hydrogen-bond donors (Lipinski definition) is 1. The third kappa shape index (κ3) is 5.52. The molecule has 0 fully saturated rings. The molecule has 1 N–H and O–H groups in total. The largest absolute Gasteiger partial charge is 0.496 e. The minimum Gasteiger partial charge on any atom is -0.496 e. The van der Waals surface area contributed by atoms with Gasteiger partial charge in [0.15, 0.2) is 6.10 Å². The smallest absolute Gasteiger partial charge is 0.260 e. The summed E-state index contributed by atoms with van der Waals surface area (Å²) in [7, 11) is 1.67. The highest BCUT2D eigenvalue weighted by atomic mass is 16.5. The molecule has 0 heterocycles. The molecule has 134 valence electrons. The topological polar surface area (TPSA) is 47.6 Å². The Balaban J connectivity index is 1.76. The average molecular weight is 341 g/mol. The van der Waals surface area contributed by atoms with E-state index in [2.05, 4.69) is 12.2 Å². The minimum absolute atomic E-state index is 0.0988. The molecule has 1 unspecified atom stereocenters. The Hall–Kier alpha value is -2.49. The number of carbonyl (C=O) groups is 1. The zero-order chi connectivity index (χ0) is 18.2. The first-order chi connectivity index (χ1) is 12.0. The zero-order valence-corrected chi connectivity index (χ0v) is 15.5. The second kappa shape index (κ2) is 9.11. The summed E-state index contributed by atoms with van der Waals surface area (Å²) in [5.74, 6) is 1.51. The van der Waals surface area contributed by atoms with Crippen LogP contribution in [-0.4, -0.2) is 25.7 Å². The molecule has 4 heteroatoms. The predicted molar refractivity (Wildman–Crippen MR) is 100 cm³/mol. The maximum atomic E-state index is 12.2. The number of aryl methyl sites for hydroxylation is 3. The summed E-state index contributed by atoms with van der Waals surface area (Å²) < 4.78 is 11.1. The van der Waals surface area contributed by atoms with Gasteiger partial charge in [0.2, 0.25) is 0 Å². The Bertz CT molecular complexity index is 712. The molecule has 0 aliphatic heterocycles. The van der Waals surface area contributed by atoms with Crippen molar-refractivity contribution in [1.82, 2.24) is 5.32 Å². The van der Waals surface area contributed by atoms with Gasteiger partial charge in [0.05, 0.1) is 7.11 Å². The summed E-state index contributed by atoms with van der Waals surface area (Å²) in [6.07, 6.45) is 1.19. The third-order valence-corrected chi connectivity index (χ3v) is 4.28. The number of benzene rings is 2. The number of ether oxygens (including phenoxy) is 2. The van der Waals surface area contributed by atoms with E-state index >= 15 is 0 Å². The number of para-hydroxylation sites is 1. The van der Waals surface area contributed by atoms with Crippen LogP contribution in [-0.2, 0) is 11.2 Å². The number of carbonyl (C=O) groups excluding carboxylic acids is 1. The fourth-order valence-electron chi connectivity index (χ4n) is 2.59. The quantitative estimate of drug-likeness (QED) is 0.742. The Kier molecular flexibility index (Phi) is 6.87. The van der Waals surface area contributed by atoms with Crippen molar-refractivity contribution in [3.63, 3.8) is 0 Å². The molecule has 1 atom stereocenters. The van der Waals surface area contributed by atoms with Crippen LogP contribution in [0.15, 0.2) is 42.5 Å². The SMILES string of the molecule is COc1ccccc1CCCNC(=O)C(C)Oc1ccc(C)c(C)c1. The highest BCUT2D eigenvalue weighted by Crippen LogP contribution is 2.19. The van der Waals surface area contributed by atoms with E-state index in [-0.39, 0.29) is 5.91 Å². The lowest BCUT2D eigenvalue weighted by atomic mass is 10.1. The number of rotatable bonds is 8. The first-order valence-corrected chi connectivity index (χ1v) is 8.64. The van der Waals surface area contributed by atoms with Gasteiger partial charge in [0.25, 0.3) is 5.91 Å². The maximum absolute atomic E-state index is 12.2. The average Bonchev–Trinajstić information content (AvgIpc) is 2.62. The first-order valence-electron chi connectivity index (χ1n) is 8.64. The van der Waals surface area contributed by atoms with Crippen LogP contribution in [0.1, 0.15) is 30.0 Å². The summed E-state index contributed by atoms with van der Waals surface area (Å²) in [6, 6.07) is 13.8. The fourth-order valence-corrected chi connectivity index (χ4v) is 2.59. The zero-order valence-electron chi connectivity index (χ0n) is 15.5. The Morgan fingerprint density at radius 1 is 1.12 bits per heavy atom. The number of nitrogens with one attached hydrogen (secondary N) is 1. The Labute approximate surface area is 150 Å². The molecule has 0 spiro atoms. The van der Waals surface area contributed by atoms with Gasteiger partial charge < -0.3 is 14.8 Å². The Morgan fingerprint density at radius 2 is 1.88 bits per heavy atom. The summed E-state index contributed by atoms with van der Waals surface area (Å²) in [6.45, 7) is 6.46. The number of methoxy groups -OCH3 is 1. The summed E-state index contributed by atoms with van der Waals surface area (Å²) in [5.41, 5.74) is 3.52. The van der Waals surface area contributed by atoms with E-state index in [0.29, 0.717) is 6.54 Å². The van der Waals surface area contributed by atoms with Crippen LogP contribution in [0, 0.1) is 13.8 Å². The minimum atomic E-state index is -0.520. The van der Waals surface area contributed by atoms with E-state index in [1.54, 1.807) is 14.0 Å². The van der Waals surface area contributed by atoms with Gasteiger partial charge in [-0.1, -0.05) is 24.3 Å². The van der Waals surface area contributed by atoms with Gasteiger partial charge in [0.1, 0.15) is 11.5 Å². The highest BCUT2D eigenvalue weighted by Gasteiger charge is 2.14. The lowest BCUT2D eigenvalue weighted by molar-refractivity contribution is -0.127. The second-order valence-corrected chi connectivity index (χ2v) is 6.21. The molecule has 1 amide bonds. The standard InChI is InChI=1S/C21H27NO3/c1-15-11-12-19(14-16(15)2)25-17(3)21(23)22-13-7-9-18-8-5-6-10-20(18)24-4/h5-6,8,10-12,14,17H,7,9,13H2,1-4H3,(H,22,23). The second-order valence-electron chi connectivity index (χ2n) is 6.21. The maximum Gasteiger partial charge on any atom is 0.260 e. The van der Waals surface area contributed by atoms with E-state index in [1.807, 2.05) is 49.4 Å². The van der Waals surface area contributed by atoms with Crippen molar-refractivity contribution >= 4 is 5.91 Å². The fraction of sp³-hybridized carbons (Fsp3) is 0.381. The van der Waals surface area contributed by atoms with Crippen LogP contribution >= 0.6 is 0 Å². The van der Waals surface area contributed by atoms with Crippen LogP contribution in [0.5, 0.6) is 11.5 Å². The highest BCUT2D eigenvalue weighted by molar-refractivity contribution is 5.80. The van der Waals surface area contributed by atoms with Gasteiger partial charge in [-0.15, -0.1) is 0 Å². The van der Waals surface area contributed by atoms with Crippen molar-refractivity contribution in [3.8, 4) is 11.5 Å². The normalized spacial score (nSPS) is 11.7. The van der Waals surface area contributed by atoms with Crippen molar-refractivity contribution < 1.29 is 14.3 Å². The molecule has 25 heavy (non-hydrogen) atoms. The molecule has 0 radical (unpaired) electrons. The molecule has 0 bridgehead atoms. The molecule has 4 nitrogen and oxygen atoms in total. The molecule has 2 aromatic rings. The van der Waals surface area contributed by atoms with Gasteiger partial charge in [-0.3, -0.25) is 4.79 Å². The van der Waals surface area contributed by atoms with Crippen molar-refractivity contribution in [2.45, 2.75) is 39.7 Å². The summed E-state index contributed by atoms with van der Waals surface area (Å²) in [4.78, 5) is 12.2. The number of hydrogen-bond acceptors (Lipinski definition) is 3. The molecule has 0 aliphatic rings. The molecule has 2 rings (SSSR count). The van der Waals surface area contributed by atoms with Crippen molar-refractivity contribution in [2.24, 2.45) is 0 Å². The van der Waals surface area contributed by atoms with E-state index in [1.165, 1.54) is 5.56 Å². The molecular formula is C21H27NO3. The van der Waals surface area contributed by atoms with Gasteiger partial charge in [-0.05, 0) is 68.5 Å². The molecule has 0 saturated heterocycles. The van der Waals surface area contributed by atoms with Gasteiger partial charge in [-0.25, -0.2) is 0 Å². The lowest BCUT2D eigenvalue weighted by Crippen LogP contribution is -2.36. The summed E-state index contributed by atoms with van der Waals surface area (Å²) in [5, 5.41) is 2.93. The first kappa shape index (κ1) is 18.8. The van der Waals surface area contributed by atoms with Crippen molar-refractivity contribution in [2.75, 3.05) is 13.7 Å². The molecule has 0 aromatic heterocycles. The van der Waals surface area contributed by atoms with Crippen LogP contribution in [0.4, 0.5) is 0 Å². The summed E-state index contributed by atoms with van der Waals surface area (Å²) >= 11 is 0. The van der Waals surface area contributed by atoms with Gasteiger partial charge in [-0.2, -0.15) is 0 Å². The molecular weight excluding hydrogens is 314 g/mol. The van der Waals surface area contributed by atoms with Crippen molar-refractivity contribution in [1.29, 1.82) is 0 Å². The predicted octanol–water partition coefficient (Wildman–Crippen LogP) is 3.83. The Morgan fingerprint density at radius 3 is 2.60 bits per heavy atom. The van der Waals surface area contributed by atoms with Crippen LogP contribution in [0.3, 0.4) is 0 Å². The van der Waals surface area contributed by atoms with Crippen LogP contribution < -0.4 is 14.8 Å². The van der Waals surface area contributed by atoms with E-state index in [9.17, 15) is 4.79 Å². The van der Waals surface area contributed by atoms with Crippen LogP contribution in [0.2, 0.25) is 0 Å². The number of amides is 1. The molecule has 0 saturated carbocycles. The molecule has 0 aliphatic carbocycles. The van der Waals surface area contributed by atoms with E-state index < -0.39 is 6.10 Å². The van der Waals surface area contributed by atoms with Gasteiger partial charge in [0, 0.05) is 6.54 Å². The van der Waals surface area contributed by atoms with E-state index in [0.717, 1.165) is 35.5 Å². The van der Waals surface area contributed by atoms with Crippen LogP contribution in [0.25, 0.3) is 0 Å². The van der Waals surface area contributed by atoms with Crippen molar-refractivity contribution in [3.05, 3.63) is 59.2 Å². The van der Waals surface area contributed by atoms with E-state index in [4.69, 9.17) is 9.47 Å². The lowest BCUT2D eigenvalue weighted by Gasteiger charge is -2.15. The van der Waals surface area contributed by atoms with Gasteiger partial charge >= 0.3 is 0 Å². The monoisotopic (exact) mass is 341 g/mol.